The Bertz CT molecular complexity index is 781. The Hall–Kier alpha value is -1.81. The van der Waals surface area contributed by atoms with Crippen LogP contribution >= 0.6 is 11.6 Å². The van der Waals surface area contributed by atoms with Crippen molar-refractivity contribution in [2.75, 3.05) is 0 Å². The normalized spacial score (nSPS) is 12.2. The molecule has 0 bridgehead atoms. The number of halogens is 4. The Morgan fingerprint density at radius 1 is 0.895 bits per heavy atom. The molecule has 0 amide bonds. The Morgan fingerprint density at radius 2 is 1.63 bits per heavy atom. The summed E-state index contributed by atoms with van der Waals surface area (Å²) in [5, 5.41) is 1.59. The lowest BCUT2D eigenvalue weighted by atomic mass is 10.0. The van der Waals surface area contributed by atoms with Crippen molar-refractivity contribution < 1.29 is 13.2 Å². The SMILES string of the molecule is FC(F)(F)c1nc2ccccc2c2cc(Cl)ccc12. The molecule has 0 N–H and O–H groups in total. The van der Waals surface area contributed by atoms with Crippen molar-refractivity contribution in [3.8, 4) is 0 Å². The Labute approximate surface area is 111 Å². The fourth-order valence-corrected chi connectivity index (χ4v) is 2.31. The molecule has 0 aliphatic heterocycles. The van der Waals surface area contributed by atoms with Crippen molar-refractivity contribution in [2.45, 2.75) is 6.18 Å². The number of para-hydroxylation sites is 1. The first-order valence-electron chi connectivity index (χ1n) is 5.52. The summed E-state index contributed by atoms with van der Waals surface area (Å²) in [6.45, 7) is 0. The van der Waals surface area contributed by atoms with E-state index in [1.54, 1.807) is 24.3 Å². The highest BCUT2D eigenvalue weighted by molar-refractivity contribution is 6.31. The Kier molecular flexibility index (Phi) is 2.64. The molecule has 1 heterocycles. The maximum absolute atomic E-state index is 13.1. The van der Waals surface area contributed by atoms with Crippen LogP contribution in [0.3, 0.4) is 0 Å². The van der Waals surface area contributed by atoms with Crippen molar-refractivity contribution >= 4 is 33.3 Å². The predicted octanol–water partition coefficient (Wildman–Crippen LogP) is 5.06. The van der Waals surface area contributed by atoms with Crippen LogP contribution in [0.25, 0.3) is 21.7 Å². The molecule has 0 aliphatic rings. The Morgan fingerprint density at radius 3 is 2.37 bits per heavy atom. The van der Waals surface area contributed by atoms with Crippen LogP contribution in [0.2, 0.25) is 5.02 Å². The third-order valence-corrected chi connectivity index (χ3v) is 3.17. The minimum Gasteiger partial charge on any atom is -0.243 e. The second kappa shape index (κ2) is 4.10. The maximum Gasteiger partial charge on any atom is 0.433 e. The van der Waals surface area contributed by atoms with E-state index in [1.165, 1.54) is 18.2 Å². The topological polar surface area (TPSA) is 12.9 Å². The molecule has 0 radical (unpaired) electrons. The van der Waals surface area contributed by atoms with Crippen molar-refractivity contribution in [1.29, 1.82) is 0 Å². The molecule has 3 rings (SSSR count). The summed E-state index contributed by atoms with van der Waals surface area (Å²) in [7, 11) is 0. The van der Waals surface area contributed by atoms with Crippen LogP contribution in [0.5, 0.6) is 0 Å². The lowest BCUT2D eigenvalue weighted by Gasteiger charge is -2.12. The molecule has 0 saturated heterocycles. The molecule has 96 valence electrons. The van der Waals surface area contributed by atoms with Crippen LogP contribution in [0.1, 0.15) is 5.69 Å². The minimum atomic E-state index is -4.49. The van der Waals surface area contributed by atoms with Gasteiger partial charge in [-0.25, -0.2) is 4.98 Å². The highest BCUT2D eigenvalue weighted by atomic mass is 35.5. The van der Waals surface area contributed by atoms with E-state index in [9.17, 15) is 13.2 Å². The number of nitrogens with zero attached hydrogens (tertiary/aromatic N) is 1. The fourth-order valence-electron chi connectivity index (χ4n) is 2.14. The van der Waals surface area contributed by atoms with E-state index >= 15 is 0 Å². The van der Waals surface area contributed by atoms with Gasteiger partial charge in [-0.15, -0.1) is 0 Å². The van der Waals surface area contributed by atoms with Crippen molar-refractivity contribution in [3.05, 3.63) is 53.2 Å². The molecule has 0 aliphatic carbocycles. The number of benzene rings is 2. The summed E-state index contributed by atoms with van der Waals surface area (Å²) in [6.07, 6.45) is -4.49. The zero-order valence-corrected chi connectivity index (χ0v) is 10.3. The largest absolute Gasteiger partial charge is 0.433 e. The summed E-state index contributed by atoms with van der Waals surface area (Å²) in [6, 6.07) is 11.1. The third-order valence-electron chi connectivity index (χ3n) is 2.93. The summed E-state index contributed by atoms with van der Waals surface area (Å²) in [5.74, 6) is 0. The van der Waals surface area contributed by atoms with Crippen LogP contribution in [-0.4, -0.2) is 4.98 Å². The van der Waals surface area contributed by atoms with Gasteiger partial charge < -0.3 is 0 Å². The van der Waals surface area contributed by atoms with Gasteiger partial charge in [-0.3, -0.25) is 0 Å². The van der Waals surface area contributed by atoms with Gasteiger partial charge in [0.25, 0.3) is 0 Å². The second-order valence-corrected chi connectivity index (χ2v) is 4.60. The number of pyridine rings is 1. The highest BCUT2D eigenvalue weighted by Crippen LogP contribution is 2.37. The molecule has 2 aromatic carbocycles. The number of hydrogen-bond donors (Lipinski definition) is 0. The van der Waals surface area contributed by atoms with E-state index in [0.29, 0.717) is 21.3 Å². The number of hydrogen-bond acceptors (Lipinski definition) is 1. The highest BCUT2D eigenvalue weighted by Gasteiger charge is 2.35. The van der Waals surface area contributed by atoms with E-state index in [1.807, 2.05) is 0 Å². The standard InChI is InChI=1S/C14H7ClF3N/c15-8-5-6-10-11(7-8)9-3-1-2-4-12(9)19-13(10)14(16,17)18/h1-7H. The van der Waals surface area contributed by atoms with Crippen molar-refractivity contribution in [1.82, 2.24) is 4.98 Å². The minimum absolute atomic E-state index is 0.0654. The smallest absolute Gasteiger partial charge is 0.243 e. The molecule has 1 aromatic heterocycles. The lowest BCUT2D eigenvalue weighted by Crippen LogP contribution is -2.09. The van der Waals surface area contributed by atoms with Gasteiger partial charge in [0, 0.05) is 15.8 Å². The first-order valence-corrected chi connectivity index (χ1v) is 5.90. The zero-order valence-electron chi connectivity index (χ0n) is 9.50. The summed E-state index contributed by atoms with van der Waals surface area (Å²) in [5.41, 5.74) is -0.567. The number of alkyl halides is 3. The summed E-state index contributed by atoms with van der Waals surface area (Å²) < 4.78 is 39.2. The van der Waals surface area contributed by atoms with Gasteiger partial charge in [0.1, 0.15) is 0 Å². The van der Waals surface area contributed by atoms with Crippen LogP contribution in [-0.2, 0) is 6.18 Å². The maximum atomic E-state index is 13.1. The van der Waals surface area contributed by atoms with Gasteiger partial charge in [0.2, 0.25) is 0 Å². The molecule has 0 atom stereocenters. The van der Waals surface area contributed by atoms with Gasteiger partial charge in [-0.2, -0.15) is 13.2 Å². The molecule has 5 heteroatoms. The second-order valence-electron chi connectivity index (χ2n) is 4.17. The number of rotatable bonds is 0. The number of aromatic nitrogens is 1. The quantitative estimate of drug-likeness (QED) is 0.525. The van der Waals surface area contributed by atoms with E-state index in [-0.39, 0.29) is 5.39 Å². The molecule has 0 unspecified atom stereocenters. The van der Waals surface area contributed by atoms with E-state index in [0.717, 1.165) is 0 Å². The van der Waals surface area contributed by atoms with Crippen LogP contribution in [0, 0.1) is 0 Å². The van der Waals surface area contributed by atoms with E-state index in [4.69, 9.17) is 11.6 Å². The van der Waals surface area contributed by atoms with Crippen LogP contribution < -0.4 is 0 Å². The van der Waals surface area contributed by atoms with Gasteiger partial charge in [0.15, 0.2) is 5.69 Å². The van der Waals surface area contributed by atoms with E-state index in [2.05, 4.69) is 4.98 Å². The molecule has 0 fully saturated rings. The van der Waals surface area contributed by atoms with Gasteiger partial charge >= 0.3 is 6.18 Å². The first-order chi connectivity index (χ1) is 8.97. The molecule has 0 spiro atoms. The molecule has 19 heavy (non-hydrogen) atoms. The average Bonchev–Trinajstić information content (AvgIpc) is 2.36. The van der Waals surface area contributed by atoms with E-state index < -0.39 is 11.9 Å². The van der Waals surface area contributed by atoms with Crippen molar-refractivity contribution in [3.63, 3.8) is 0 Å². The lowest BCUT2D eigenvalue weighted by molar-refractivity contribution is -0.139. The first kappa shape index (κ1) is 12.2. The number of fused-ring (bicyclic) bond motifs is 3. The van der Waals surface area contributed by atoms with Crippen LogP contribution in [0.15, 0.2) is 42.5 Å². The molecule has 3 aromatic rings. The van der Waals surface area contributed by atoms with Crippen LogP contribution in [0.4, 0.5) is 13.2 Å². The van der Waals surface area contributed by atoms with Crippen molar-refractivity contribution in [2.24, 2.45) is 0 Å². The van der Waals surface area contributed by atoms with Gasteiger partial charge in [-0.1, -0.05) is 35.9 Å². The average molecular weight is 282 g/mol. The van der Waals surface area contributed by atoms with Gasteiger partial charge in [-0.05, 0) is 23.6 Å². The molecular formula is C14H7ClF3N. The van der Waals surface area contributed by atoms with Gasteiger partial charge in [0.05, 0.1) is 5.52 Å². The summed E-state index contributed by atoms with van der Waals surface area (Å²) >= 11 is 5.88. The summed E-state index contributed by atoms with van der Waals surface area (Å²) in [4.78, 5) is 3.74. The predicted molar refractivity (Wildman–Crippen MR) is 69.3 cm³/mol. The molecule has 1 nitrogen and oxygen atoms in total. The fraction of sp³-hybridized carbons (Fsp3) is 0.0714. The monoisotopic (exact) mass is 281 g/mol. The third kappa shape index (κ3) is 2.02. The Balaban J connectivity index is 2.55. The molecular weight excluding hydrogens is 275 g/mol. The zero-order chi connectivity index (χ0) is 13.6. The molecule has 0 saturated carbocycles.